The molecule has 2 aromatic heterocycles. The number of hydrogen-bond donors (Lipinski definition) is 3. The van der Waals surface area contributed by atoms with Crippen LogP contribution in [0.15, 0.2) is 60.9 Å². The predicted molar refractivity (Wildman–Crippen MR) is 156 cm³/mol. The van der Waals surface area contributed by atoms with Crippen LogP contribution in [-0.2, 0) is 0 Å². The molecule has 0 amide bonds. The summed E-state index contributed by atoms with van der Waals surface area (Å²) in [6.07, 6.45) is 6.48. The van der Waals surface area contributed by atoms with E-state index >= 15 is 0 Å². The Kier molecular flexibility index (Phi) is 7.89. The van der Waals surface area contributed by atoms with Gasteiger partial charge in [-0.15, -0.1) is 0 Å². The normalized spacial score (nSPS) is 15.5. The topological polar surface area (TPSA) is 108 Å². The molecule has 0 aliphatic carbocycles. The number of aryl methyl sites for hydroxylation is 1. The fraction of sp³-hybridized carbons (Fsp3) is 0.355. The van der Waals surface area contributed by atoms with Gasteiger partial charge in [0.2, 0.25) is 11.8 Å². The first-order valence-corrected chi connectivity index (χ1v) is 13.5. The van der Waals surface area contributed by atoms with Crippen molar-refractivity contribution < 1.29 is 4.74 Å². The molecule has 1 aliphatic heterocycles. The maximum absolute atomic E-state index is 9.35. The molecule has 200 valence electrons. The lowest BCUT2D eigenvalue weighted by Gasteiger charge is -2.23. The molecular weight excluding hydrogens is 486 g/mol. The Hall–Kier alpha value is -4.22. The number of aromatic nitrogens is 3. The van der Waals surface area contributed by atoms with E-state index in [9.17, 15) is 5.26 Å². The van der Waals surface area contributed by atoms with Crippen LogP contribution in [0.1, 0.15) is 38.7 Å². The zero-order chi connectivity index (χ0) is 27.2. The number of anilines is 2. The summed E-state index contributed by atoms with van der Waals surface area (Å²) in [5, 5.41) is 21.8. The average molecular weight is 522 g/mol. The van der Waals surface area contributed by atoms with E-state index in [0.717, 1.165) is 71.4 Å². The summed E-state index contributed by atoms with van der Waals surface area (Å²) in [7, 11) is 0. The molecule has 0 saturated carbocycles. The van der Waals surface area contributed by atoms with Gasteiger partial charge in [-0.1, -0.05) is 24.3 Å². The lowest BCUT2D eigenvalue weighted by Crippen LogP contribution is -2.38. The van der Waals surface area contributed by atoms with Crippen molar-refractivity contribution in [3.8, 4) is 29.0 Å². The first-order chi connectivity index (χ1) is 18.9. The Balaban J connectivity index is 1.43. The third-order valence-electron chi connectivity index (χ3n) is 7.11. The minimum atomic E-state index is -0.374. The van der Waals surface area contributed by atoms with Crippen LogP contribution < -0.4 is 20.7 Å². The maximum Gasteiger partial charge on any atom is 0.228 e. The van der Waals surface area contributed by atoms with Gasteiger partial charge in [0.05, 0.1) is 22.7 Å². The van der Waals surface area contributed by atoms with Gasteiger partial charge in [-0.05, 0) is 76.4 Å². The van der Waals surface area contributed by atoms with Gasteiger partial charge < -0.3 is 20.7 Å². The number of nitrogens with zero attached hydrogens (tertiary/aromatic N) is 4. The molecule has 8 heteroatoms. The molecule has 1 atom stereocenters. The molecule has 0 bridgehead atoms. The van der Waals surface area contributed by atoms with E-state index < -0.39 is 0 Å². The van der Waals surface area contributed by atoms with Crippen LogP contribution in [-0.4, -0.2) is 40.6 Å². The largest absolute Gasteiger partial charge is 0.437 e. The second-order valence-corrected chi connectivity index (χ2v) is 10.7. The first kappa shape index (κ1) is 26.4. The van der Waals surface area contributed by atoms with E-state index in [-0.39, 0.29) is 5.41 Å². The number of nitriles is 1. The van der Waals surface area contributed by atoms with Crippen LogP contribution in [0.2, 0.25) is 0 Å². The maximum atomic E-state index is 9.35. The zero-order valence-corrected chi connectivity index (χ0v) is 22.8. The van der Waals surface area contributed by atoms with Gasteiger partial charge in [0, 0.05) is 48.0 Å². The van der Waals surface area contributed by atoms with E-state index in [4.69, 9.17) is 9.72 Å². The number of pyridine rings is 1. The van der Waals surface area contributed by atoms with Crippen LogP contribution in [0.5, 0.6) is 11.6 Å². The molecule has 1 unspecified atom stereocenters. The number of hydrogen-bond acceptors (Lipinski definition) is 8. The summed E-state index contributed by atoms with van der Waals surface area (Å²) >= 11 is 0. The fourth-order valence-corrected chi connectivity index (χ4v) is 4.79. The molecule has 2 aromatic carbocycles. The highest BCUT2D eigenvalue weighted by Crippen LogP contribution is 2.38. The molecule has 1 fully saturated rings. The monoisotopic (exact) mass is 521 g/mol. The Morgan fingerprint density at radius 3 is 2.79 bits per heavy atom. The quantitative estimate of drug-likeness (QED) is 0.235. The molecule has 8 nitrogen and oxygen atoms in total. The highest BCUT2D eigenvalue weighted by atomic mass is 16.5. The fourth-order valence-electron chi connectivity index (χ4n) is 4.79. The number of rotatable bonds is 9. The first-order valence-electron chi connectivity index (χ1n) is 13.5. The summed E-state index contributed by atoms with van der Waals surface area (Å²) < 4.78 is 6.56. The van der Waals surface area contributed by atoms with Crippen molar-refractivity contribution in [2.24, 2.45) is 5.41 Å². The molecule has 5 rings (SSSR count). The molecule has 1 saturated heterocycles. The van der Waals surface area contributed by atoms with Gasteiger partial charge in [0.25, 0.3) is 0 Å². The van der Waals surface area contributed by atoms with E-state index in [1.165, 1.54) is 0 Å². The molecular formula is C31H35N7O. The smallest absolute Gasteiger partial charge is 0.228 e. The number of nitrogens with one attached hydrogen (secondary N) is 3. The van der Waals surface area contributed by atoms with Crippen molar-refractivity contribution in [2.75, 3.05) is 30.3 Å². The summed E-state index contributed by atoms with van der Waals surface area (Å²) in [5.74, 6) is 1.85. The van der Waals surface area contributed by atoms with Gasteiger partial charge in [0.1, 0.15) is 5.75 Å². The van der Waals surface area contributed by atoms with E-state index in [1.54, 1.807) is 12.4 Å². The third-order valence-corrected chi connectivity index (χ3v) is 7.11. The van der Waals surface area contributed by atoms with Crippen molar-refractivity contribution in [1.82, 2.24) is 20.3 Å². The van der Waals surface area contributed by atoms with Crippen LogP contribution in [0.3, 0.4) is 0 Å². The van der Waals surface area contributed by atoms with Gasteiger partial charge in [-0.3, -0.25) is 0 Å². The lowest BCUT2D eigenvalue weighted by molar-refractivity contribution is 0.466. The summed E-state index contributed by atoms with van der Waals surface area (Å²) in [4.78, 5) is 13.8. The number of ether oxygens (including phenoxy) is 1. The van der Waals surface area contributed by atoms with Crippen molar-refractivity contribution in [2.45, 2.75) is 46.1 Å². The SMILES string of the molecule is Cc1ccc2c(NCCC(C)(C)C#N)cccc2c1Oc1ncccc1-c1ccnc(NC2CCCNC2)n1. The zero-order valence-electron chi connectivity index (χ0n) is 22.8. The Bertz CT molecular complexity index is 1490. The van der Waals surface area contributed by atoms with Gasteiger partial charge >= 0.3 is 0 Å². The minimum absolute atomic E-state index is 0.311. The van der Waals surface area contributed by atoms with Gasteiger partial charge in [-0.2, -0.15) is 5.26 Å². The standard InChI is InChI=1S/C31H35N7O/c1-21-11-12-23-24(8-4-10-26(23)34-18-14-31(2,3)20-32)28(21)39-29-25(9-6-16-35-29)27-13-17-36-30(38-27)37-22-7-5-15-33-19-22/h4,6,8-13,16-17,22,33-34H,5,7,14-15,18-19H2,1-3H3,(H,36,37,38). The Labute approximate surface area is 229 Å². The molecule has 1 aliphatic rings. The summed E-state index contributed by atoms with van der Waals surface area (Å²) in [6.45, 7) is 8.62. The number of benzene rings is 2. The lowest BCUT2D eigenvalue weighted by atomic mass is 9.91. The van der Waals surface area contributed by atoms with Crippen molar-refractivity contribution in [3.63, 3.8) is 0 Å². The Morgan fingerprint density at radius 2 is 1.97 bits per heavy atom. The highest BCUT2D eigenvalue weighted by molar-refractivity contribution is 5.98. The van der Waals surface area contributed by atoms with Crippen molar-refractivity contribution in [3.05, 3.63) is 66.5 Å². The van der Waals surface area contributed by atoms with Crippen LogP contribution in [0.4, 0.5) is 11.6 Å². The molecule has 3 N–H and O–H groups in total. The van der Waals surface area contributed by atoms with Crippen LogP contribution in [0, 0.1) is 23.7 Å². The number of piperidine rings is 1. The second kappa shape index (κ2) is 11.7. The van der Waals surface area contributed by atoms with Crippen LogP contribution in [0.25, 0.3) is 22.0 Å². The van der Waals surface area contributed by atoms with E-state index in [0.29, 0.717) is 24.4 Å². The molecule has 3 heterocycles. The van der Waals surface area contributed by atoms with Crippen molar-refractivity contribution >= 4 is 22.4 Å². The summed E-state index contributed by atoms with van der Waals surface area (Å²) in [5.41, 5.74) is 3.20. The Morgan fingerprint density at radius 1 is 1.08 bits per heavy atom. The number of fused-ring (bicyclic) bond motifs is 1. The highest BCUT2D eigenvalue weighted by Gasteiger charge is 2.18. The van der Waals surface area contributed by atoms with E-state index in [1.807, 2.05) is 45.0 Å². The molecule has 4 aromatic rings. The van der Waals surface area contributed by atoms with E-state index in [2.05, 4.69) is 56.3 Å². The molecule has 0 radical (unpaired) electrons. The average Bonchev–Trinajstić information content (AvgIpc) is 2.95. The third kappa shape index (κ3) is 6.27. The van der Waals surface area contributed by atoms with Gasteiger partial charge in [-0.25, -0.2) is 15.0 Å². The van der Waals surface area contributed by atoms with Crippen molar-refractivity contribution in [1.29, 1.82) is 5.26 Å². The minimum Gasteiger partial charge on any atom is -0.437 e. The molecule has 0 spiro atoms. The van der Waals surface area contributed by atoms with Crippen LogP contribution >= 0.6 is 0 Å². The summed E-state index contributed by atoms with van der Waals surface area (Å²) in [6, 6.07) is 18.7. The molecule has 39 heavy (non-hydrogen) atoms. The second-order valence-electron chi connectivity index (χ2n) is 10.7. The predicted octanol–water partition coefficient (Wildman–Crippen LogP) is 6.31. The van der Waals surface area contributed by atoms with Gasteiger partial charge in [0.15, 0.2) is 0 Å².